The van der Waals surface area contributed by atoms with E-state index in [4.69, 9.17) is 5.73 Å². The van der Waals surface area contributed by atoms with Crippen molar-refractivity contribution in [2.75, 3.05) is 5.73 Å². The summed E-state index contributed by atoms with van der Waals surface area (Å²) in [5.74, 6) is -0.891. The average molecular weight is 260 g/mol. The van der Waals surface area contributed by atoms with Crippen molar-refractivity contribution in [3.05, 3.63) is 29.3 Å². The molecule has 1 aromatic carbocycles. The molecule has 2 heterocycles. The van der Waals surface area contributed by atoms with Gasteiger partial charge in [-0.15, -0.1) is 0 Å². The molecule has 0 aromatic heterocycles. The standard InChI is InChI=1S/C13H13N3O3/c14-9-3-1-2-7-8(9)6-16(13(7)19)10-4-5-11(17)15-12(10)18/h1-3,10H,4-6,14H2,(H,15,17,18)/i15+1. The van der Waals surface area contributed by atoms with Crippen molar-refractivity contribution in [2.24, 2.45) is 0 Å². The van der Waals surface area contributed by atoms with Crippen LogP contribution in [-0.4, -0.2) is 28.7 Å². The minimum Gasteiger partial charge on any atom is -0.398 e. The van der Waals surface area contributed by atoms with Crippen LogP contribution in [0.5, 0.6) is 0 Å². The van der Waals surface area contributed by atoms with Gasteiger partial charge in [-0.2, -0.15) is 0 Å². The SMILES string of the molecule is Nc1cccc2c1CN(C1CCC(=O)[15NH]C1=O)C2=O. The van der Waals surface area contributed by atoms with Crippen molar-refractivity contribution >= 4 is 23.4 Å². The van der Waals surface area contributed by atoms with Gasteiger partial charge >= 0.3 is 0 Å². The Morgan fingerprint density at radius 1 is 1.26 bits per heavy atom. The fourth-order valence-corrected chi connectivity index (χ4v) is 2.61. The van der Waals surface area contributed by atoms with E-state index in [1.807, 2.05) is 0 Å². The van der Waals surface area contributed by atoms with Crippen LogP contribution in [0.1, 0.15) is 28.8 Å². The quantitative estimate of drug-likeness (QED) is 0.423. The predicted octanol–water partition coefficient (Wildman–Crippen LogP) is 0.0298. The molecule has 0 spiro atoms. The van der Waals surface area contributed by atoms with Gasteiger partial charge in [-0.3, -0.25) is 19.7 Å². The lowest BCUT2D eigenvalue weighted by atomic mass is 10.1. The smallest absolute Gasteiger partial charge is 0.255 e. The first-order valence-corrected chi connectivity index (χ1v) is 6.10. The molecule has 3 amide bonds. The third-order valence-corrected chi connectivity index (χ3v) is 3.62. The number of nitrogens with two attached hydrogens (primary N) is 1. The van der Waals surface area contributed by atoms with Gasteiger partial charge in [-0.25, -0.2) is 0 Å². The molecule has 0 radical (unpaired) electrons. The lowest BCUT2D eigenvalue weighted by Crippen LogP contribution is -2.52. The number of hydrogen-bond donors (Lipinski definition) is 2. The number of benzene rings is 1. The van der Waals surface area contributed by atoms with Gasteiger partial charge in [0, 0.05) is 29.8 Å². The van der Waals surface area contributed by atoms with E-state index in [-0.39, 0.29) is 18.2 Å². The zero-order chi connectivity index (χ0) is 13.6. The number of piperidine rings is 1. The van der Waals surface area contributed by atoms with Gasteiger partial charge in [0.05, 0.1) is 0 Å². The van der Waals surface area contributed by atoms with Gasteiger partial charge in [-0.1, -0.05) is 6.07 Å². The number of amides is 3. The molecule has 19 heavy (non-hydrogen) atoms. The maximum absolute atomic E-state index is 12.3. The number of nitrogens with one attached hydrogen (secondary N) is 1. The second-order valence-electron chi connectivity index (χ2n) is 4.77. The van der Waals surface area contributed by atoms with Crippen molar-refractivity contribution in [3.8, 4) is 0 Å². The molecular formula is C13H13N3O3. The molecule has 2 aliphatic rings. The second kappa shape index (κ2) is 4.08. The van der Waals surface area contributed by atoms with E-state index < -0.39 is 11.9 Å². The molecule has 2 aliphatic heterocycles. The van der Waals surface area contributed by atoms with Crippen molar-refractivity contribution in [3.63, 3.8) is 0 Å². The Hall–Kier alpha value is -2.37. The predicted molar refractivity (Wildman–Crippen MR) is 66.9 cm³/mol. The first-order chi connectivity index (χ1) is 9.08. The highest BCUT2D eigenvalue weighted by molar-refractivity contribution is 6.06. The molecule has 0 bridgehead atoms. The number of hydrogen-bond acceptors (Lipinski definition) is 4. The molecule has 0 aliphatic carbocycles. The van der Waals surface area contributed by atoms with Crippen LogP contribution < -0.4 is 11.1 Å². The Bertz CT molecular complexity index is 597. The Kier molecular flexibility index (Phi) is 2.51. The zero-order valence-electron chi connectivity index (χ0n) is 10.2. The zero-order valence-corrected chi connectivity index (χ0v) is 10.2. The molecule has 6 heteroatoms. The molecule has 6 nitrogen and oxygen atoms in total. The molecule has 1 unspecified atom stereocenters. The van der Waals surface area contributed by atoms with Crippen LogP contribution in [0.4, 0.5) is 5.69 Å². The molecule has 3 N–H and O–H groups in total. The molecule has 1 aromatic rings. The van der Waals surface area contributed by atoms with E-state index in [9.17, 15) is 14.4 Å². The lowest BCUT2D eigenvalue weighted by molar-refractivity contribution is -0.136. The first-order valence-electron chi connectivity index (χ1n) is 6.10. The summed E-state index contributed by atoms with van der Waals surface area (Å²) in [6.07, 6.45) is 0.621. The van der Waals surface area contributed by atoms with Gasteiger partial charge in [0.1, 0.15) is 6.04 Å². The van der Waals surface area contributed by atoms with Gasteiger partial charge in [0.25, 0.3) is 5.91 Å². The summed E-state index contributed by atoms with van der Waals surface area (Å²) < 4.78 is 0. The van der Waals surface area contributed by atoms with Crippen molar-refractivity contribution in [1.82, 2.24) is 10.2 Å². The van der Waals surface area contributed by atoms with E-state index in [0.29, 0.717) is 24.2 Å². The Labute approximate surface area is 109 Å². The monoisotopic (exact) mass is 260 g/mol. The van der Waals surface area contributed by atoms with Crippen molar-refractivity contribution in [2.45, 2.75) is 25.4 Å². The normalized spacial score (nSPS) is 22.4. The highest BCUT2D eigenvalue weighted by Gasteiger charge is 2.39. The summed E-state index contributed by atoms with van der Waals surface area (Å²) in [6.45, 7) is 0.327. The summed E-state index contributed by atoms with van der Waals surface area (Å²) in [7, 11) is 0. The maximum atomic E-state index is 12.3. The van der Waals surface area contributed by atoms with Gasteiger partial charge < -0.3 is 10.6 Å². The van der Waals surface area contributed by atoms with Crippen LogP contribution >= 0.6 is 0 Å². The highest BCUT2D eigenvalue weighted by atomic mass is 16.2. The summed E-state index contributed by atoms with van der Waals surface area (Å²) in [6, 6.07) is 4.58. The first kappa shape index (κ1) is 11.7. The summed E-state index contributed by atoms with van der Waals surface area (Å²) in [5.41, 5.74) is 7.71. The molecule has 1 fully saturated rings. The van der Waals surface area contributed by atoms with Crippen LogP contribution in [0.15, 0.2) is 18.2 Å². The molecular weight excluding hydrogens is 247 g/mol. The van der Waals surface area contributed by atoms with Crippen LogP contribution in [0.2, 0.25) is 0 Å². The number of carbonyl (C=O) groups is 3. The minimum atomic E-state index is -0.586. The van der Waals surface area contributed by atoms with E-state index >= 15 is 0 Å². The number of fused-ring (bicyclic) bond motifs is 1. The minimum absolute atomic E-state index is 0.197. The third-order valence-electron chi connectivity index (χ3n) is 3.62. The van der Waals surface area contributed by atoms with Crippen LogP contribution in [-0.2, 0) is 16.1 Å². The number of nitrogens with zero attached hydrogens (tertiary/aromatic N) is 1. The lowest BCUT2D eigenvalue weighted by Gasteiger charge is -2.29. The second-order valence-corrected chi connectivity index (χ2v) is 4.77. The van der Waals surface area contributed by atoms with Crippen LogP contribution in [0.25, 0.3) is 0 Å². The fourth-order valence-electron chi connectivity index (χ4n) is 2.61. The van der Waals surface area contributed by atoms with Crippen LogP contribution in [0, 0.1) is 0 Å². The molecule has 1 atom stereocenters. The number of nitrogen functional groups attached to an aromatic ring is 1. The van der Waals surface area contributed by atoms with Gasteiger partial charge in [-0.05, 0) is 18.6 Å². The van der Waals surface area contributed by atoms with Gasteiger partial charge in [0.15, 0.2) is 0 Å². The Balaban J connectivity index is 1.90. The largest absolute Gasteiger partial charge is 0.398 e. The van der Waals surface area contributed by atoms with Crippen LogP contribution in [0.3, 0.4) is 0 Å². The fraction of sp³-hybridized carbons (Fsp3) is 0.308. The van der Waals surface area contributed by atoms with E-state index in [2.05, 4.69) is 5.32 Å². The summed E-state index contributed by atoms with van der Waals surface area (Å²) >= 11 is 0. The number of anilines is 1. The summed E-state index contributed by atoms with van der Waals surface area (Å²) in [4.78, 5) is 36.7. The van der Waals surface area contributed by atoms with Crippen molar-refractivity contribution in [1.29, 1.82) is 0 Å². The van der Waals surface area contributed by atoms with E-state index in [1.54, 1.807) is 18.2 Å². The third kappa shape index (κ3) is 1.76. The molecule has 3 rings (SSSR count). The summed E-state index contributed by atoms with van der Waals surface area (Å²) in [5, 5.41) is 2.27. The molecule has 1 saturated heterocycles. The van der Waals surface area contributed by atoms with Gasteiger partial charge in [0.2, 0.25) is 11.8 Å². The molecule has 0 saturated carbocycles. The average Bonchev–Trinajstić information content (AvgIpc) is 2.69. The number of imide groups is 1. The highest BCUT2D eigenvalue weighted by Crippen LogP contribution is 2.30. The Morgan fingerprint density at radius 2 is 2.05 bits per heavy atom. The topological polar surface area (TPSA) is 92.5 Å². The Morgan fingerprint density at radius 3 is 2.74 bits per heavy atom. The van der Waals surface area contributed by atoms with E-state index in [0.717, 1.165) is 5.56 Å². The molecule has 98 valence electrons. The number of carbonyl (C=O) groups excluding carboxylic acids is 3. The maximum Gasteiger partial charge on any atom is 0.255 e. The van der Waals surface area contributed by atoms with E-state index in [1.165, 1.54) is 4.90 Å². The number of rotatable bonds is 1. The van der Waals surface area contributed by atoms with Crippen molar-refractivity contribution < 1.29 is 14.4 Å².